The molecule has 3 N–H and O–H groups in total. The Morgan fingerprint density at radius 3 is 2.36 bits per heavy atom. The molecule has 0 radical (unpaired) electrons. The van der Waals surface area contributed by atoms with Crippen LogP contribution in [-0.2, 0) is 10.3 Å². The predicted molar refractivity (Wildman–Crippen MR) is 113 cm³/mol. The number of carbonyl (C=O) groups excluding carboxylic acids is 1. The maximum Gasteiger partial charge on any atom is 0.244 e. The van der Waals surface area contributed by atoms with Gasteiger partial charge in [-0.3, -0.25) is 9.69 Å². The van der Waals surface area contributed by atoms with Gasteiger partial charge in [-0.15, -0.1) is 24.8 Å². The van der Waals surface area contributed by atoms with Crippen LogP contribution in [0.15, 0.2) is 28.7 Å². The molecule has 0 bridgehead atoms. The molecule has 1 aliphatic heterocycles. The number of hydrogen-bond acceptors (Lipinski definition) is 3. The fourth-order valence-electron chi connectivity index (χ4n) is 2.95. The molecular weight excluding hydrogens is 425 g/mol. The summed E-state index contributed by atoms with van der Waals surface area (Å²) < 4.78 is 0.977. The van der Waals surface area contributed by atoms with Gasteiger partial charge < -0.3 is 11.1 Å². The van der Waals surface area contributed by atoms with Crippen LogP contribution in [0.25, 0.3) is 0 Å². The molecule has 1 saturated heterocycles. The molecule has 0 saturated carbocycles. The highest BCUT2D eigenvalue weighted by Gasteiger charge is 2.31. The van der Waals surface area contributed by atoms with E-state index in [2.05, 4.69) is 40.0 Å². The molecule has 2 atom stereocenters. The minimum atomic E-state index is -1.02. The van der Waals surface area contributed by atoms with Crippen molar-refractivity contribution in [2.24, 2.45) is 11.7 Å². The summed E-state index contributed by atoms with van der Waals surface area (Å²) >= 11 is 3.40. The van der Waals surface area contributed by atoms with E-state index in [4.69, 9.17) is 5.73 Å². The predicted octanol–water partition coefficient (Wildman–Crippen LogP) is 3.70. The number of likely N-dealkylation sites (tertiary alicyclic amines) is 1. The van der Waals surface area contributed by atoms with Crippen molar-refractivity contribution >= 4 is 46.7 Å². The van der Waals surface area contributed by atoms with Crippen LogP contribution in [0.3, 0.4) is 0 Å². The highest BCUT2D eigenvalue weighted by atomic mass is 79.9. The van der Waals surface area contributed by atoms with Gasteiger partial charge in [-0.2, -0.15) is 0 Å². The van der Waals surface area contributed by atoms with Crippen LogP contribution in [0.2, 0.25) is 0 Å². The van der Waals surface area contributed by atoms with Gasteiger partial charge in [0.15, 0.2) is 0 Å². The molecule has 2 rings (SSSR count). The molecule has 1 amide bonds. The van der Waals surface area contributed by atoms with E-state index in [1.54, 1.807) is 6.92 Å². The number of hydrogen-bond donors (Lipinski definition) is 2. The Morgan fingerprint density at radius 2 is 1.84 bits per heavy atom. The average Bonchev–Trinajstić information content (AvgIpc) is 2.53. The molecule has 1 aromatic carbocycles. The maximum atomic E-state index is 12.5. The fourth-order valence-corrected chi connectivity index (χ4v) is 3.21. The van der Waals surface area contributed by atoms with E-state index >= 15 is 0 Å². The van der Waals surface area contributed by atoms with E-state index in [-0.39, 0.29) is 30.7 Å². The van der Waals surface area contributed by atoms with Crippen molar-refractivity contribution in [2.45, 2.75) is 45.2 Å². The normalized spacial score (nSPS) is 19.1. The van der Waals surface area contributed by atoms with Gasteiger partial charge in [-0.05, 0) is 63.4 Å². The summed E-state index contributed by atoms with van der Waals surface area (Å²) in [7, 11) is 0. The van der Waals surface area contributed by atoms with E-state index in [0.717, 1.165) is 29.0 Å². The molecule has 1 aliphatic rings. The molecule has 0 aliphatic carbocycles. The van der Waals surface area contributed by atoms with Crippen molar-refractivity contribution < 1.29 is 4.79 Å². The zero-order valence-electron chi connectivity index (χ0n) is 15.1. The first-order chi connectivity index (χ1) is 10.8. The van der Waals surface area contributed by atoms with Gasteiger partial charge in [-0.1, -0.05) is 35.0 Å². The second kappa shape index (κ2) is 10.7. The van der Waals surface area contributed by atoms with E-state index in [0.29, 0.717) is 12.6 Å². The summed E-state index contributed by atoms with van der Waals surface area (Å²) in [6, 6.07) is 7.93. The van der Waals surface area contributed by atoms with Gasteiger partial charge in [0.1, 0.15) is 5.54 Å². The number of piperidine rings is 1. The van der Waals surface area contributed by atoms with Crippen molar-refractivity contribution in [3.63, 3.8) is 0 Å². The van der Waals surface area contributed by atoms with Crippen molar-refractivity contribution in [3.05, 3.63) is 34.3 Å². The molecule has 1 fully saturated rings. The number of halogens is 3. The summed E-state index contributed by atoms with van der Waals surface area (Å²) in [5, 5.41) is 3.03. The van der Waals surface area contributed by atoms with Gasteiger partial charge in [0, 0.05) is 17.1 Å². The van der Waals surface area contributed by atoms with Crippen LogP contribution in [0.5, 0.6) is 0 Å². The van der Waals surface area contributed by atoms with E-state index in [1.807, 2.05) is 24.3 Å². The van der Waals surface area contributed by atoms with Crippen LogP contribution in [-0.4, -0.2) is 36.5 Å². The first kappa shape index (κ1) is 24.7. The zero-order chi connectivity index (χ0) is 17.0. The third kappa shape index (κ3) is 6.72. The summed E-state index contributed by atoms with van der Waals surface area (Å²) in [6.07, 6.45) is 2.48. The van der Waals surface area contributed by atoms with Crippen LogP contribution in [0, 0.1) is 5.92 Å². The van der Waals surface area contributed by atoms with Crippen molar-refractivity contribution in [3.8, 4) is 0 Å². The number of nitrogens with two attached hydrogens (primary N) is 1. The Bertz CT molecular complexity index is 532. The van der Waals surface area contributed by atoms with E-state index in [9.17, 15) is 4.79 Å². The quantitative estimate of drug-likeness (QED) is 0.712. The van der Waals surface area contributed by atoms with E-state index in [1.165, 1.54) is 12.8 Å². The Labute approximate surface area is 172 Å². The molecule has 0 aromatic heterocycles. The van der Waals surface area contributed by atoms with Gasteiger partial charge in [0.2, 0.25) is 5.91 Å². The lowest BCUT2D eigenvalue weighted by molar-refractivity contribution is -0.126. The van der Waals surface area contributed by atoms with Crippen LogP contribution in [0.4, 0.5) is 0 Å². The fraction of sp³-hybridized carbons (Fsp3) is 0.611. The SMILES string of the molecule is CC1CCN(C(C)CNC(=O)C(C)(N)c2ccc(Br)cc2)CC1.Cl.Cl. The second-order valence-electron chi connectivity index (χ2n) is 6.99. The standard InChI is InChI=1S/C18H28BrN3O.2ClH/c1-13-8-10-22(11-9-13)14(2)12-21-17(23)18(3,20)15-4-6-16(19)7-5-15;;/h4-7,13-14H,8-12,20H2,1-3H3,(H,21,23);2*1H. The highest BCUT2D eigenvalue weighted by Crippen LogP contribution is 2.21. The number of nitrogens with zero attached hydrogens (tertiary/aromatic N) is 1. The number of nitrogens with one attached hydrogen (secondary N) is 1. The lowest BCUT2D eigenvalue weighted by Crippen LogP contribution is -2.52. The molecule has 1 aromatic rings. The van der Waals surface area contributed by atoms with Crippen molar-refractivity contribution in [2.75, 3.05) is 19.6 Å². The van der Waals surface area contributed by atoms with Gasteiger partial charge in [0.25, 0.3) is 0 Å². The minimum absolute atomic E-state index is 0. The summed E-state index contributed by atoms with van der Waals surface area (Å²) in [5.74, 6) is 0.690. The van der Waals surface area contributed by atoms with Crippen molar-refractivity contribution in [1.82, 2.24) is 10.2 Å². The number of amides is 1. The molecular formula is C18H30BrCl2N3O. The lowest BCUT2D eigenvalue weighted by Gasteiger charge is -2.35. The van der Waals surface area contributed by atoms with Crippen LogP contribution < -0.4 is 11.1 Å². The first-order valence-corrected chi connectivity index (χ1v) is 9.17. The highest BCUT2D eigenvalue weighted by molar-refractivity contribution is 9.10. The molecule has 25 heavy (non-hydrogen) atoms. The van der Waals surface area contributed by atoms with Gasteiger partial charge in [0.05, 0.1) is 0 Å². The molecule has 7 heteroatoms. The third-order valence-electron chi connectivity index (χ3n) is 4.92. The molecule has 4 nitrogen and oxygen atoms in total. The number of benzene rings is 1. The topological polar surface area (TPSA) is 58.4 Å². The molecule has 1 heterocycles. The Hall–Kier alpha value is -0.330. The third-order valence-corrected chi connectivity index (χ3v) is 5.44. The maximum absolute atomic E-state index is 12.5. The van der Waals surface area contributed by atoms with Gasteiger partial charge in [-0.25, -0.2) is 0 Å². The van der Waals surface area contributed by atoms with Crippen molar-refractivity contribution in [1.29, 1.82) is 0 Å². The monoisotopic (exact) mass is 453 g/mol. The average molecular weight is 455 g/mol. The van der Waals surface area contributed by atoms with Gasteiger partial charge >= 0.3 is 0 Å². The Kier molecular flexibility index (Phi) is 10.6. The zero-order valence-corrected chi connectivity index (χ0v) is 18.3. The molecule has 2 unspecified atom stereocenters. The summed E-state index contributed by atoms with van der Waals surface area (Å²) in [6.45, 7) is 9.11. The molecule has 0 spiro atoms. The number of carbonyl (C=O) groups is 1. The van der Waals surface area contributed by atoms with Crippen LogP contribution >= 0.6 is 40.7 Å². The first-order valence-electron chi connectivity index (χ1n) is 8.38. The van der Waals surface area contributed by atoms with E-state index < -0.39 is 5.54 Å². The summed E-state index contributed by atoms with van der Waals surface area (Å²) in [5.41, 5.74) is 6.07. The smallest absolute Gasteiger partial charge is 0.244 e. The second-order valence-corrected chi connectivity index (χ2v) is 7.90. The minimum Gasteiger partial charge on any atom is -0.353 e. The molecule has 144 valence electrons. The Balaban J connectivity index is 0.00000288. The largest absolute Gasteiger partial charge is 0.353 e. The lowest BCUT2D eigenvalue weighted by atomic mass is 9.92. The van der Waals surface area contributed by atoms with Crippen LogP contribution in [0.1, 0.15) is 39.2 Å². The number of rotatable bonds is 5. The Morgan fingerprint density at radius 1 is 1.32 bits per heavy atom. The summed E-state index contributed by atoms with van der Waals surface area (Å²) in [4.78, 5) is 15.0.